The average Bonchev–Trinajstić information content (AvgIpc) is 3.45. The number of hydrogen-bond acceptors (Lipinski definition) is 4. The van der Waals surface area contributed by atoms with Crippen LogP contribution in [0.2, 0.25) is 0 Å². The van der Waals surface area contributed by atoms with Gasteiger partial charge in [0.2, 0.25) is 0 Å². The van der Waals surface area contributed by atoms with Crippen molar-refractivity contribution in [3.05, 3.63) is 42.7 Å². The number of nitrogens with one attached hydrogen (secondary N) is 2. The summed E-state index contributed by atoms with van der Waals surface area (Å²) >= 11 is 0. The van der Waals surface area contributed by atoms with Crippen LogP contribution in [0.4, 0.5) is 0 Å². The van der Waals surface area contributed by atoms with Gasteiger partial charge in [-0.1, -0.05) is 18.2 Å². The van der Waals surface area contributed by atoms with Gasteiger partial charge in [0, 0.05) is 53.5 Å². The number of likely N-dealkylation sites (N-methyl/N-ethyl adjacent to an activating group) is 1. The molecule has 0 radical (unpaired) electrons. The fourth-order valence-electron chi connectivity index (χ4n) is 6.30. The van der Waals surface area contributed by atoms with Crippen LogP contribution in [0.3, 0.4) is 0 Å². The van der Waals surface area contributed by atoms with Crippen molar-refractivity contribution >= 4 is 43.5 Å². The lowest BCUT2D eigenvalue weighted by atomic mass is 9.93. The molecular weight excluding hydrogens is 392 g/mol. The molecule has 1 fully saturated rings. The predicted octanol–water partition coefficient (Wildman–Crippen LogP) is 4.14. The number of ether oxygens (including phenoxy) is 2. The van der Waals surface area contributed by atoms with Gasteiger partial charge in [0.15, 0.2) is 11.6 Å². The highest BCUT2D eigenvalue weighted by Crippen LogP contribution is 2.52. The van der Waals surface area contributed by atoms with Gasteiger partial charge in [0.25, 0.3) is 0 Å². The first-order valence-electron chi connectivity index (χ1n) is 10.7. The third-order valence-corrected chi connectivity index (χ3v) is 7.54. The Morgan fingerprint density at radius 1 is 1.16 bits per heavy atom. The van der Waals surface area contributed by atoms with Crippen molar-refractivity contribution in [2.75, 3.05) is 14.2 Å². The summed E-state index contributed by atoms with van der Waals surface area (Å²) in [5.74, 6) is 0.203. The molecule has 5 heterocycles. The number of fused-ring (bicyclic) bond motifs is 10. The Labute approximate surface area is 178 Å². The molecule has 3 aromatic heterocycles. The van der Waals surface area contributed by atoms with E-state index >= 15 is 0 Å². The highest BCUT2D eigenvalue weighted by Gasteiger charge is 2.51. The van der Waals surface area contributed by atoms with E-state index in [4.69, 9.17) is 9.47 Å². The SMILES string of the molecule is CN[C@@H]1CC2OC(C)([C@@H]1OC)n1ccc3c4c[nH]c(O)c4c4c5ccccc5n2c4c31. The first-order valence-corrected chi connectivity index (χ1v) is 10.7. The molecule has 4 atom stereocenters. The first kappa shape index (κ1) is 17.7. The fourth-order valence-corrected chi connectivity index (χ4v) is 6.30. The molecule has 0 saturated carbocycles. The quantitative estimate of drug-likeness (QED) is 0.404. The van der Waals surface area contributed by atoms with Crippen molar-refractivity contribution in [1.29, 1.82) is 0 Å². The molecule has 7 heteroatoms. The molecule has 5 aromatic rings. The average molecular weight is 416 g/mol. The van der Waals surface area contributed by atoms with E-state index in [1.165, 1.54) is 0 Å². The Morgan fingerprint density at radius 3 is 2.81 bits per heavy atom. The molecule has 2 aliphatic rings. The van der Waals surface area contributed by atoms with E-state index in [2.05, 4.69) is 62.9 Å². The van der Waals surface area contributed by atoms with Crippen molar-refractivity contribution in [2.45, 2.75) is 37.4 Å². The summed E-state index contributed by atoms with van der Waals surface area (Å²) in [5, 5.41) is 19.4. The molecule has 3 N–H and O–H groups in total. The number of aromatic nitrogens is 3. The molecule has 0 spiro atoms. The minimum Gasteiger partial charge on any atom is -0.494 e. The van der Waals surface area contributed by atoms with Crippen LogP contribution in [0.1, 0.15) is 19.6 Å². The van der Waals surface area contributed by atoms with Crippen molar-refractivity contribution in [3.63, 3.8) is 0 Å². The van der Waals surface area contributed by atoms with E-state index in [0.29, 0.717) is 0 Å². The maximum Gasteiger partial charge on any atom is 0.197 e. The highest BCUT2D eigenvalue weighted by molar-refractivity contribution is 6.32. The first-order chi connectivity index (χ1) is 15.1. The molecule has 1 saturated heterocycles. The van der Waals surface area contributed by atoms with Crippen LogP contribution in [0.25, 0.3) is 43.5 Å². The molecule has 0 amide bonds. The van der Waals surface area contributed by atoms with Crippen LogP contribution in [-0.4, -0.2) is 45.5 Å². The number of H-pyrrole nitrogens is 1. The maximum absolute atomic E-state index is 10.8. The van der Waals surface area contributed by atoms with E-state index in [-0.39, 0.29) is 24.3 Å². The molecule has 31 heavy (non-hydrogen) atoms. The topological polar surface area (TPSA) is 76.4 Å². The van der Waals surface area contributed by atoms with Crippen LogP contribution in [-0.2, 0) is 15.2 Å². The molecule has 0 aliphatic carbocycles. The zero-order valence-electron chi connectivity index (χ0n) is 17.6. The molecule has 2 aliphatic heterocycles. The van der Waals surface area contributed by atoms with Crippen LogP contribution >= 0.6 is 0 Å². The van der Waals surface area contributed by atoms with Gasteiger partial charge in [-0.15, -0.1) is 0 Å². The molecule has 2 aromatic carbocycles. The normalized spacial score (nSPS) is 27.8. The summed E-state index contributed by atoms with van der Waals surface area (Å²) in [6, 6.07) is 10.6. The minimum absolute atomic E-state index is 0.122. The molecule has 7 rings (SSSR count). The van der Waals surface area contributed by atoms with Gasteiger partial charge in [-0.25, -0.2) is 0 Å². The summed E-state index contributed by atoms with van der Waals surface area (Å²) in [6.07, 6.45) is 4.45. The lowest BCUT2D eigenvalue weighted by molar-refractivity contribution is -0.257. The highest BCUT2D eigenvalue weighted by atomic mass is 16.6. The number of benzene rings is 2. The predicted molar refractivity (Wildman–Crippen MR) is 120 cm³/mol. The number of rotatable bonds is 2. The Morgan fingerprint density at radius 2 is 2.00 bits per heavy atom. The van der Waals surface area contributed by atoms with Crippen LogP contribution in [0, 0.1) is 0 Å². The second kappa shape index (κ2) is 5.62. The van der Waals surface area contributed by atoms with Crippen LogP contribution < -0.4 is 5.32 Å². The molecule has 2 unspecified atom stereocenters. The third kappa shape index (κ3) is 1.87. The minimum atomic E-state index is -0.688. The number of nitrogens with zero attached hydrogens (tertiary/aromatic N) is 2. The molecule has 7 nitrogen and oxygen atoms in total. The lowest BCUT2D eigenvalue weighted by Gasteiger charge is -2.48. The largest absolute Gasteiger partial charge is 0.494 e. The van der Waals surface area contributed by atoms with E-state index in [1.807, 2.05) is 13.2 Å². The van der Waals surface area contributed by atoms with Crippen LogP contribution in [0.15, 0.2) is 42.7 Å². The fraction of sp³-hybridized carbons (Fsp3) is 0.333. The number of aromatic amines is 1. The van der Waals surface area contributed by atoms with Crippen molar-refractivity contribution in [1.82, 2.24) is 19.4 Å². The zero-order chi connectivity index (χ0) is 21.1. The Balaban J connectivity index is 1.78. The Kier molecular flexibility index (Phi) is 3.20. The van der Waals surface area contributed by atoms with Crippen molar-refractivity contribution < 1.29 is 14.6 Å². The van der Waals surface area contributed by atoms with Crippen molar-refractivity contribution in [3.8, 4) is 5.88 Å². The maximum atomic E-state index is 10.8. The number of aromatic hydroxyl groups is 1. The second-order valence-corrected chi connectivity index (χ2v) is 8.90. The smallest absolute Gasteiger partial charge is 0.197 e. The monoisotopic (exact) mass is 416 g/mol. The summed E-state index contributed by atoms with van der Waals surface area (Å²) in [7, 11) is 3.75. The summed E-state index contributed by atoms with van der Waals surface area (Å²) in [6.45, 7) is 2.12. The Hall–Kier alpha value is -3.00. The number of para-hydroxylation sites is 1. The van der Waals surface area contributed by atoms with Gasteiger partial charge in [-0.2, -0.15) is 0 Å². The van der Waals surface area contributed by atoms with Gasteiger partial charge in [0.1, 0.15) is 12.3 Å². The van der Waals surface area contributed by atoms with Crippen LogP contribution in [0.5, 0.6) is 5.88 Å². The molecule has 2 bridgehead atoms. The standard InChI is InChI=1S/C24H24N4O3/c1-24-22(30-3)15(25-2)10-17(31-24)28-16-7-5-4-6-13(16)18-19-14(11-26-23(19)29)12-8-9-27(24)20(12)21(18)28/h4-9,11,15,17,22,25-26,29H,10H2,1-3H3/t15-,17?,22-,24?/m1/s1. The van der Waals surface area contributed by atoms with E-state index < -0.39 is 5.72 Å². The van der Waals surface area contributed by atoms with Gasteiger partial charge in [-0.05, 0) is 26.1 Å². The molecular formula is C24H24N4O3. The summed E-state index contributed by atoms with van der Waals surface area (Å²) < 4.78 is 17.5. The molecule has 158 valence electrons. The number of methoxy groups -OCH3 is 1. The van der Waals surface area contributed by atoms with E-state index in [9.17, 15) is 5.11 Å². The van der Waals surface area contributed by atoms with Gasteiger partial charge in [-0.3, -0.25) is 0 Å². The Bertz CT molecular complexity index is 1530. The summed E-state index contributed by atoms with van der Waals surface area (Å²) in [4.78, 5) is 3.05. The summed E-state index contributed by atoms with van der Waals surface area (Å²) in [5.41, 5.74) is 2.64. The number of hydrogen-bond donors (Lipinski definition) is 3. The van der Waals surface area contributed by atoms with Gasteiger partial charge >= 0.3 is 0 Å². The van der Waals surface area contributed by atoms with E-state index in [1.54, 1.807) is 7.11 Å². The zero-order valence-corrected chi connectivity index (χ0v) is 17.6. The third-order valence-electron chi connectivity index (χ3n) is 7.54. The second-order valence-electron chi connectivity index (χ2n) is 8.90. The van der Waals surface area contributed by atoms with E-state index in [0.717, 1.165) is 49.9 Å². The van der Waals surface area contributed by atoms with Gasteiger partial charge in [0.05, 0.1) is 21.9 Å². The van der Waals surface area contributed by atoms with Gasteiger partial charge < -0.3 is 34.0 Å². The lowest BCUT2D eigenvalue weighted by Crippen LogP contribution is -2.59. The van der Waals surface area contributed by atoms with Crippen molar-refractivity contribution in [2.24, 2.45) is 0 Å².